The van der Waals surface area contributed by atoms with Gasteiger partial charge >= 0.3 is 0 Å². The van der Waals surface area contributed by atoms with Gasteiger partial charge < -0.3 is 4.90 Å². The van der Waals surface area contributed by atoms with Crippen molar-refractivity contribution in [3.05, 3.63) is 58.6 Å². The number of benzene rings is 2. The van der Waals surface area contributed by atoms with Crippen molar-refractivity contribution in [2.24, 2.45) is 0 Å². The molecule has 0 atom stereocenters. The Balaban J connectivity index is 1.84. The SMILES string of the molecule is CN(C)c1ccc(C=Cc2nc3cc(C#N)ccc3s2)cc1. The number of nitriles is 1. The Morgan fingerprint density at radius 2 is 1.86 bits per heavy atom. The highest BCUT2D eigenvalue weighted by molar-refractivity contribution is 7.19. The lowest BCUT2D eigenvalue weighted by Crippen LogP contribution is -2.07. The van der Waals surface area contributed by atoms with Crippen LogP contribution in [-0.4, -0.2) is 19.1 Å². The van der Waals surface area contributed by atoms with E-state index in [2.05, 4.69) is 46.3 Å². The van der Waals surface area contributed by atoms with Gasteiger partial charge in [0, 0.05) is 19.8 Å². The summed E-state index contributed by atoms with van der Waals surface area (Å²) in [6.45, 7) is 0. The fourth-order valence-corrected chi connectivity index (χ4v) is 2.99. The molecule has 3 nitrogen and oxygen atoms in total. The smallest absolute Gasteiger partial charge is 0.117 e. The normalized spacial score (nSPS) is 11.0. The van der Waals surface area contributed by atoms with Crippen LogP contribution in [0.4, 0.5) is 5.69 Å². The van der Waals surface area contributed by atoms with Crippen LogP contribution < -0.4 is 4.90 Å². The van der Waals surface area contributed by atoms with E-state index >= 15 is 0 Å². The molecule has 2 aromatic carbocycles. The molecule has 0 radical (unpaired) electrons. The second-order valence-corrected chi connectivity index (χ2v) is 6.23. The Kier molecular flexibility index (Phi) is 3.90. The average molecular weight is 305 g/mol. The van der Waals surface area contributed by atoms with Crippen LogP contribution >= 0.6 is 11.3 Å². The van der Waals surface area contributed by atoms with Crippen LogP contribution in [0.1, 0.15) is 16.1 Å². The van der Waals surface area contributed by atoms with Crippen LogP contribution in [0.15, 0.2) is 42.5 Å². The highest BCUT2D eigenvalue weighted by Crippen LogP contribution is 2.24. The number of hydrogen-bond acceptors (Lipinski definition) is 4. The lowest BCUT2D eigenvalue weighted by Gasteiger charge is -2.11. The van der Waals surface area contributed by atoms with Gasteiger partial charge in [-0.3, -0.25) is 0 Å². The largest absolute Gasteiger partial charge is 0.378 e. The van der Waals surface area contributed by atoms with E-state index in [1.54, 1.807) is 11.3 Å². The zero-order valence-corrected chi connectivity index (χ0v) is 13.3. The second kappa shape index (κ2) is 6.00. The Hall–Kier alpha value is -2.64. The molecule has 0 unspecified atom stereocenters. The summed E-state index contributed by atoms with van der Waals surface area (Å²) in [5, 5.41) is 9.87. The summed E-state index contributed by atoms with van der Waals surface area (Å²) < 4.78 is 1.10. The van der Waals surface area contributed by atoms with Crippen molar-refractivity contribution in [1.82, 2.24) is 4.98 Å². The monoisotopic (exact) mass is 305 g/mol. The van der Waals surface area contributed by atoms with Gasteiger partial charge in [-0.1, -0.05) is 18.2 Å². The number of anilines is 1. The first-order chi connectivity index (χ1) is 10.7. The third-order valence-electron chi connectivity index (χ3n) is 3.36. The maximum atomic E-state index is 8.93. The minimum atomic E-state index is 0.646. The lowest BCUT2D eigenvalue weighted by molar-refractivity contribution is 1.13. The Labute approximate surface area is 133 Å². The molecule has 1 aromatic heterocycles. The molecular weight excluding hydrogens is 290 g/mol. The van der Waals surface area contributed by atoms with Crippen molar-refractivity contribution in [2.45, 2.75) is 0 Å². The molecular formula is C18H15N3S. The standard InChI is InChI=1S/C18H15N3S/c1-21(2)15-7-3-13(4-8-15)6-10-18-20-16-11-14(12-19)5-9-17(16)22-18/h3-11H,1-2H3. The highest BCUT2D eigenvalue weighted by atomic mass is 32.1. The van der Waals surface area contributed by atoms with E-state index in [1.165, 1.54) is 5.69 Å². The number of thiazole rings is 1. The van der Waals surface area contributed by atoms with Crippen LogP contribution in [0.2, 0.25) is 0 Å². The third kappa shape index (κ3) is 3.00. The summed E-state index contributed by atoms with van der Waals surface area (Å²) in [4.78, 5) is 6.63. The summed E-state index contributed by atoms with van der Waals surface area (Å²) in [6.07, 6.45) is 4.07. The van der Waals surface area contributed by atoms with Gasteiger partial charge in [0.25, 0.3) is 0 Å². The van der Waals surface area contributed by atoms with Crippen LogP contribution in [0.3, 0.4) is 0 Å². The van der Waals surface area contributed by atoms with Gasteiger partial charge in [-0.25, -0.2) is 4.98 Å². The van der Waals surface area contributed by atoms with E-state index < -0.39 is 0 Å². The van der Waals surface area contributed by atoms with E-state index in [0.29, 0.717) is 5.56 Å². The lowest BCUT2D eigenvalue weighted by atomic mass is 10.2. The predicted octanol–water partition coefficient (Wildman–Crippen LogP) is 4.40. The van der Waals surface area contributed by atoms with Crippen molar-refractivity contribution in [2.75, 3.05) is 19.0 Å². The van der Waals surface area contributed by atoms with Gasteiger partial charge in [-0.15, -0.1) is 11.3 Å². The van der Waals surface area contributed by atoms with Crippen LogP contribution in [0, 0.1) is 11.3 Å². The Bertz CT molecular complexity index is 867. The van der Waals surface area contributed by atoms with Crippen LogP contribution in [0.25, 0.3) is 22.4 Å². The summed E-state index contributed by atoms with van der Waals surface area (Å²) >= 11 is 1.63. The first kappa shape index (κ1) is 14.3. The average Bonchev–Trinajstić information content (AvgIpc) is 2.95. The molecule has 22 heavy (non-hydrogen) atoms. The predicted molar refractivity (Wildman–Crippen MR) is 94.0 cm³/mol. The molecule has 3 aromatic rings. The van der Waals surface area contributed by atoms with Crippen molar-refractivity contribution in [3.63, 3.8) is 0 Å². The minimum Gasteiger partial charge on any atom is -0.378 e. The summed E-state index contributed by atoms with van der Waals surface area (Å²) in [7, 11) is 4.06. The Morgan fingerprint density at radius 3 is 2.55 bits per heavy atom. The molecule has 0 aliphatic carbocycles. The zero-order chi connectivity index (χ0) is 15.5. The molecule has 0 N–H and O–H groups in total. The molecule has 0 amide bonds. The maximum Gasteiger partial charge on any atom is 0.117 e. The van der Waals surface area contributed by atoms with Gasteiger partial charge in [-0.2, -0.15) is 5.26 Å². The number of rotatable bonds is 3. The van der Waals surface area contributed by atoms with E-state index in [4.69, 9.17) is 5.26 Å². The van der Waals surface area contributed by atoms with E-state index in [0.717, 1.165) is 20.8 Å². The first-order valence-corrected chi connectivity index (χ1v) is 7.73. The van der Waals surface area contributed by atoms with Gasteiger partial charge in [0.1, 0.15) is 5.01 Å². The maximum absolute atomic E-state index is 8.93. The van der Waals surface area contributed by atoms with Crippen molar-refractivity contribution in [1.29, 1.82) is 5.26 Å². The number of nitrogens with zero attached hydrogens (tertiary/aromatic N) is 3. The van der Waals surface area contributed by atoms with Gasteiger partial charge in [0.15, 0.2) is 0 Å². The molecule has 0 saturated heterocycles. The minimum absolute atomic E-state index is 0.646. The molecule has 3 rings (SSSR count). The quantitative estimate of drug-likeness (QED) is 0.720. The number of aromatic nitrogens is 1. The van der Waals surface area contributed by atoms with Gasteiger partial charge in [-0.05, 0) is 42.0 Å². The van der Waals surface area contributed by atoms with Gasteiger partial charge in [0.05, 0.1) is 21.8 Å². The van der Waals surface area contributed by atoms with Crippen molar-refractivity contribution < 1.29 is 0 Å². The van der Waals surface area contributed by atoms with E-state index in [-0.39, 0.29) is 0 Å². The van der Waals surface area contributed by atoms with Gasteiger partial charge in [0.2, 0.25) is 0 Å². The van der Waals surface area contributed by atoms with Crippen molar-refractivity contribution in [3.8, 4) is 6.07 Å². The first-order valence-electron chi connectivity index (χ1n) is 6.92. The fourth-order valence-electron chi connectivity index (χ4n) is 2.14. The number of hydrogen-bond donors (Lipinski definition) is 0. The summed E-state index contributed by atoms with van der Waals surface area (Å²) in [5.41, 5.74) is 3.85. The molecule has 4 heteroatoms. The molecule has 0 aliphatic heterocycles. The summed E-state index contributed by atoms with van der Waals surface area (Å²) in [5.74, 6) is 0. The third-order valence-corrected chi connectivity index (χ3v) is 4.36. The van der Waals surface area contributed by atoms with Crippen LogP contribution in [-0.2, 0) is 0 Å². The number of fused-ring (bicyclic) bond motifs is 1. The molecule has 108 valence electrons. The molecule has 0 aliphatic rings. The highest BCUT2D eigenvalue weighted by Gasteiger charge is 2.02. The molecule has 1 heterocycles. The molecule has 0 bridgehead atoms. The van der Waals surface area contributed by atoms with Crippen LogP contribution in [0.5, 0.6) is 0 Å². The molecule has 0 saturated carbocycles. The van der Waals surface area contributed by atoms with Crippen molar-refractivity contribution >= 4 is 39.4 Å². The van der Waals surface area contributed by atoms with E-state index in [1.807, 2.05) is 38.4 Å². The molecule has 0 spiro atoms. The Morgan fingerprint density at radius 1 is 1.09 bits per heavy atom. The topological polar surface area (TPSA) is 39.9 Å². The second-order valence-electron chi connectivity index (χ2n) is 5.17. The zero-order valence-electron chi connectivity index (χ0n) is 12.4. The fraction of sp³-hybridized carbons (Fsp3) is 0.111. The van der Waals surface area contributed by atoms with E-state index in [9.17, 15) is 0 Å². The molecule has 0 fully saturated rings. The summed E-state index contributed by atoms with van der Waals surface area (Å²) in [6, 6.07) is 16.1.